The second kappa shape index (κ2) is 11.0. The Labute approximate surface area is 197 Å². The number of rotatable bonds is 9. The molecule has 0 spiro atoms. The van der Waals surface area contributed by atoms with Gasteiger partial charge in [-0.15, -0.1) is 11.3 Å². The molecule has 3 aromatic rings. The predicted octanol–water partition coefficient (Wildman–Crippen LogP) is 4.07. The molecule has 1 fully saturated rings. The van der Waals surface area contributed by atoms with Gasteiger partial charge in [-0.3, -0.25) is 19.1 Å². The van der Waals surface area contributed by atoms with Crippen molar-refractivity contribution in [3.8, 4) is 0 Å². The number of H-pyrrole nitrogens is 1. The molecule has 0 unspecified atom stereocenters. The zero-order chi connectivity index (χ0) is 22.3. The van der Waals surface area contributed by atoms with Crippen LogP contribution in [0.4, 0.5) is 0 Å². The van der Waals surface area contributed by atoms with Gasteiger partial charge < -0.3 is 9.88 Å². The maximum Gasteiger partial charge on any atom is 0.262 e. The van der Waals surface area contributed by atoms with Crippen LogP contribution in [0.5, 0.6) is 0 Å². The first kappa shape index (κ1) is 22.9. The van der Waals surface area contributed by atoms with Gasteiger partial charge in [0, 0.05) is 50.6 Å². The molecule has 8 heteroatoms. The van der Waals surface area contributed by atoms with Crippen LogP contribution in [0.3, 0.4) is 0 Å². The van der Waals surface area contributed by atoms with Crippen molar-refractivity contribution >= 4 is 40.4 Å². The number of fused-ring (bicyclic) bond motifs is 1. The quantitative estimate of drug-likeness (QED) is 0.378. The Hall–Kier alpha value is -2.29. The van der Waals surface area contributed by atoms with Crippen LogP contribution in [0.25, 0.3) is 10.9 Å². The molecule has 0 atom stereocenters. The third kappa shape index (κ3) is 5.74. The van der Waals surface area contributed by atoms with Crippen LogP contribution in [0.1, 0.15) is 30.6 Å². The number of amides is 1. The summed E-state index contributed by atoms with van der Waals surface area (Å²) in [6.45, 7) is 5.21. The summed E-state index contributed by atoms with van der Waals surface area (Å²) < 4.78 is 2.09. The average molecular weight is 471 g/mol. The third-order valence-corrected chi connectivity index (χ3v) is 7.40. The Morgan fingerprint density at radius 1 is 1.00 bits per heavy atom. The molecule has 1 aliphatic heterocycles. The van der Waals surface area contributed by atoms with E-state index in [-0.39, 0.29) is 11.5 Å². The molecule has 1 aromatic carbocycles. The predicted molar refractivity (Wildman–Crippen MR) is 133 cm³/mol. The SMILES string of the molecule is O=C(CCCCCn1c(=S)[nH]c2ccccc2c1=O)N1CCN(CCc2cccs2)CC1. The van der Waals surface area contributed by atoms with Gasteiger partial charge in [-0.2, -0.15) is 0 Å². The van der Waals surface area contributed by atoms with Crippen molar-refractivity contribution in [1.82, 2.24) is 19.4 Å². The van der Waals surface area contributed by atoms with Gasteiger partial charge >= 0.3 is 0 Å². The van der Waals surface area contributed by atoms with Crippen LogP contribution in [0.2, 0.25) is 0 Å². The topological polar surface area (TPSA) is 61.3 Å². The zero-order valence-corrected chi connectivity index (χ0v) is 19.9. The van der Waals surface area contributed by atoms with E-state index >= 15 is 0 Å². The average Bonchev–Trinajstić information content (AvgIpc) is 3.33. The van der Waals surface area contributed by atoms with E-state index in [1.807, 2.05) is 40.5 Å². The molecular weight excluding hydrogens is 440 g/mol. The molecular formula is C24H30N4O2S2. The minimum atomic E-state index is -0.0441. The number of nitrogens with zero attached hydrogens (tertiary/aromatic N) is 3. The fourth-order valence-corrected chi connectivity index (χ4v) is 5.21. The lowest BCUT2D eigenvalue weighted by atomic mass is 10.1. The normalized spacial score (nSPS) is 14.8. The number of para-hydroxylation sites is 1. The van der Waals surface area contributed by atoms with Crippen molar-refractivity contribution in [2.45, 2.75) is 38.6 Å². The van der Waals surface area contributed by atoms with Gasteiger partial charge in [0.2, 0.25) is 5.91 Å². The summed E-state index contributed by atoms with van der Waals surface area (Å²) in [5, 5.41) is 2.78. The van der Waals surface area contributed by atoms with Crippen LogP contribution in [0.15, 0.2) is 46.6 Å². The van der Waals surface area contributed by atoms with E-state index in [9.17, 15) is 9.59 Å². The third-order valence-electron chi connectivity index (χ3n) is 6.14. The Morgan fingerprint density at radius 2 is 1.81 bits per heavy atom. The van der Waals surface area contributed by atoms with Crippen molar-refractivity contribution in [2.75, 3.05) is 32.7 Å². The van der Waals surface area contributed by atoms with Gasteiger partial charge in [-0.1, -0.05) is 24.6 Å². The van der Waals surface area contributed by atoms with Crippen molar-refractivity contribution in [2.24, 2.45) is 0 Å². The molecule has 1 amide bonds. The molecule has 4 rings (SSSR count). The van der Waals surface area contributed by atoms with E-state index in [0.717, 1.165) is 63.9 Å². The molecule has 170 valence electrons. The first-order valence-corrected chi connectivity index (χ1v) is 12.6. The first-order valence-electron chi connectivity index (χ1n) is 11.4. The van der Waals surface area contributed by atoms with Gasteiger partial charge in [-0.25, -0.2) is 0 Å². The molecule has 1 saturated heterocycles. The Balaban J connectivity index is 1.16. The Kier molecular flexibility index (Phi) is 7.89. The van der Waals surface area contributed by atoms with Gasteiger partial charge in [0.25, 0.3) is 5.56 Å². The minimum Gasteiger partial charge on any atom is -0.340 e. The fraction of sp³-hybridized carbons (Fsp3) is 0.458. The highest BCUT2D eigenvalue weighted by molar-refractivity contribution is 7.71. The van der Waals surface area contributed by atoms with Crippen LogP contribution in [-0.2, 0) is 17.8 Å². The van der Waals surface area contributed by atoms with Crippen molar-refractivity contribution in [3.63, 3.8) is 0 Å². The van der Waals surface area contributed by atoms with E-state index in [2.05, 4.69) is 27.4 Å². The maximum atomic E-state index is 12.7. The zero-order valence-electron chi connectivity index (χ0n) is 18.3. The second-order valence-electron chi connectivity index (χ2n) is 8.29. The van der Waals surface area contributed by atoms with E-state index < -0.39 is 0 Å². The summed E-state index contributed by atoms with van der Waals surface area (Å²) in [5.41, 5.74) is 0.730. The Morgan fingerprint density at radius 3 is 2.59 bits per heavy atom. The standard InChI is InChI=1S/C24H30N4O2S2/c29-22(27-16-14-26(15-17-27)13-11-19-7-6-18-32-19)10-2-1-5-12-28-23(30)20-8-3-4-9-21(20)25-24(28)31/h3-4,6-9,18H,1-2,5,10-17H2,(H,25,31). The molecule has 0 aliphatic carbocycles. The van der Waals surface area contributed by atoms with Crippen molar-refractivity contribution < 1.29 is 4.79 Å². The fourth-order valence-electron chi connectivity index (χ4n) is 4.23. The van der Waals surface area contributed by atoms with Gasteiger partial charge in [0.15, 0.2) is 4.77 Å². The first-order chi connectivity index (χ1) is 15.6. The number of thiophene rings is 1. The molecule has 1 aliphatic rings. The summed E-state index contributed by atoms with van der Waals surface area (Å²) in [5.74, 6) is 0.253. The number of benzene rings is 1. The van der Waals surface area contributed by atoms with Crippen LogP contribution in [-0.4, -0.2) is 58.0 Å². The molecule has 32 heavy (non-hydrogen) atoms. The minimum absolute atomic E-state index is 0.0441. The highest BCUT2D eigenvalue weighted by Gasteiger charge is 2.20. The van der Waals surface area contributed by atoms with Crippen molar-refractivity contribution in [3.05, 3.63) is 61.8 Å². The van der Waals surface area contributed by atoms with E-state index in [0.29, 0.717) is 23.1 Å². The lowest BCUT2D eigenvalue weighted by molar-refractivity contribution is -0.133. The van der Waals surface area contributed by atoms with Crippen LogP contribution in [0, 0.1) is 4.77 Å². The smallest absolute Gasteiger partial charge is 0.262 e. The molecule has 6 nitrogen and oxygen atoms in total. The molecule has 2 aromatic heterocycles. The summed E-state index contributed by atoms with van der Waals surface area (Å²) in [6.07, 6.45) is 4.25. The highest BCUT2D eigenvalue weighted by Crippen LogP contribution is 2.12. The molecule has 0 saturated carbocycles. The van der Waals surface area contributed by atoms with Gasteiger partial charge in [0.1, 0.15) is 0 Å². The number of hydrogen-bond acceptors (Lipinski definition) is 5. The number of hydrogen-bond donors (Lipinski definition) is 1. The lowest BCUT2D eigenvalue weighted by Gasteiger charge is -2.34. The molecule has 3 heterocycles. The largest absolute Gasteiger partial charge is 0.340 e. The van der Waals surface area contributed by atoms with E-state index in [1.54, 1.807) is 4.57 Å². The number of carbonyl (C=O) groups excluding carboxylic acids is 1. The summed E-state index contributed by atoms with van der Waals surface area (Å²) >= 11 is 7.18. The maximum absolute atomic E-state index is 12.7. The molecule has 0 bridgehead atoms. The van der Waals surface area contributed by atoms with E-state index in [1.165, 1.54) is 4.88 Å². The number of unbranched alkanes of at least 4 members (excludes halogenated alkanes) is 2. The monoisotopic (exact) mass is 470 g/mol. The number of nitrogens with one attached hydrogen (secondary N) is 1. The van der Waals surface area contributed by atoms with Gasteiger partial charge in [-0.05, 0) is 55.1 Å². The summed E-state index contributed by atoms with van der Waals surface area (Å²) in [4.78, 5) is 34.3. The second-order valence-corrected chi connectivity index (χ2v) is 9.71. The van der Waals surface area contributed by atoms with Gasteiger partial charge in [0.05, 0.1) is 10.9 Å². The summed E-state index contributed by atoms with van der Waals surface area (Å²) in [7, 11) is 0. The van der Waals surface area contributed by atoms with Crippen molar-refractivity contribution in [1.29, 1.82) is 0 Å². The van der Waals surface area contributed by atoms with Crippen LogP contribution < -0.4 is 5.56 Å². The summed E-state index contributed by atoms with van der Waals surface area (Å²) in [6, 6.07) is 11.7. The number of aromatic nitrogens is 2. The van der Waals surface area contributed by atoms with Crippen LogP contribution >= 0.6 is 23.6 Å². The number of carbonyl (C=O) groups is 1. The number of piperazine rings is 1. The van der Waals surface area contributed by atoms with E-state index in [4.69, 9.17) is 12.2 Å². The Bertz CT molecular complexity index is 1140. The highest BCUT2D eigenvalue weighted by atomic mass is 32.1. The number of aromatic amines is 1. The lowest BCUT2D eigenvalue weighted by Crippen LogP contribution is -2.49. The molecule has 0 radical (unpaired) electrons. The molecule has 1 N–H and O–H groups in total.